The molecule has 4 nitrogen and oxygen atoms in total. The number of likely N-dealkylation sites (tertiary alicyclic amines) is 1. The van der Waals surface area contributed by atoms with Crippen LogP contribution in [-0.4, -0.2) is 23.8 Å². The number of hydrogen-bond acceptors (Lipinski definition) is 3. The Hall–Kier alpha value is -1.94. The maximum absolute atomic E-state index is 12.6. The third kappa shape index (κ3) is 1.46. The third-order valence-corrected chi connectivity index (χ3v) is 5.42. The van der Waals surface area contributed by atoms with Gasteiger partial charge in [-0.15, -0.1) is 6.58 Å². The lowest BCUT2D eigenvalue weighted by molar-refractivity contribution is -0.145. The van der Waals surface area contributed by atoms with Gasteiger partial charge in [-0.3, -0.25) is 14.5 Å². The van der Waals surface area contributed by atoms with Crippen molar-refractivity contribution in [2.24, 2.45) is 11.8 Å². The zero-order chi connectivity index (χ0) is 15.5. The molecule has 2 fully saturated rings. The minimum absolute atomic E-state index is 0.0920. The molecule has 1 aromatic carbocycles. The molecular weight excluding hydrogens is 278 g/mol. The number of benzene rings is 1. The van der Waals surface area contributed by atoms with Gasteiger partial charge in [0.15, 0.2) is 0 Å². The first kappa shape index (κ1) is 13.7. The standard InChI is InChI=1S/C18H19NO3/c1-3-4-7-10-18-12-9-6-5-8-11(12)15(22-18)13-14(18)17(21)19(2)16(13)20/h3,5-6,8-9,13-15H,1,4,7,10H2,2H3. The maximum atomic E-state index is 12.6. The van der Waals surface area contributed by atoms with Crippen LogP contribution < -0.4 is 0 Å². The summed E-state index contributed by atoms with van der Waals surface area (Å²) >= 11 is 0. The van der Waals surface area contributed by atoms with E-state index in [0.717, 1.165) is 30.4 Å². The summed E-state index contributed by atoms with van der Waals surface area (Å²) in [7, 11) is 1.59. The fourth-order valence-electron chi connectivity index (χ4n) is 4.48. The summed E-state index contributed by atoms with van der Waals surface area (Å²) in [6.07, 6.45) is 4.15. The molecular formula is C18H19NO3. The highest BCUT2D eigenvalue weighted by Gasteiger charge is 2.70. The zero-order valence-electron chi connectivity index (χ0n) is 12.6. The second-order valence-corrected chi connectivity index (χ2v) is 6.44. The Morgan fingerprint density at radius 1 is 1.32 bits per heavy atom. The summed E-state index contributed by atoms with van der Waals surface area (Å²) in [6.45, 7) is 3.76. The molecule has 1 aromatic rings. The number of hydrogen-bond donors (Lipinski definition) is 0. The number of fused-ring (bicyclic) bond motifs is 8. The first-order valence-electron chi connectivity index (χ1n) is 7.81. The monoisotopic (exact) mass is 297 g/mol. The van der Waals surface area contributed by atoms with Crippen molar-refractivity contribution in [3.8, 4) is 0 Å². The largest absolute Gasteiger partial charge is 0.361 e. The molecule has 4 unspecified atom stereocenters. The number of allylic oxidation sites excluding steroid dienone is 1. The Balaban J connectivity index is 1.84. The first-order valence-corrected chi connectivity index (χ1v) is 7.81. The van der Waals surface area contributed by atoms with Crippen LogP contribution >= 0.6 is 0 Å². The lowest BCUT2D eigenvalue weighted by Crippen LogP contribution is -2.39. The average Bonchev–Trinajstić information content (AvgIpc) is 3.11. The summed E-state index contributed by atoms with van der Waals surface area (Å²) < 4.78 is 6.33. The van der Waals surface area contributed by atoms with Gasteiger partial charge >= 0.3 is 0 Å². The second kappa shape index (κ2) is 4.53. The van der Waals surface area contributed by atoms with Gasteiger partial charge in [-0.25, -0.2) is 0 Å². The van der Waals surface area contributed by atoms with E-state index in [4.69, 9.17) is 4.74 Å². The SMILES string of the molecule is C=CCCCC12OC(c3ccccc31)C1C(=O)N(C)C(=O)C12. The van der Waals surface area contributed by atoms with E-state index in [-0.39, 0.29) is 29.8 Å². The van der Waals surface area contributed by atoms with E-state index in [1.54, 1.807) is 7.05 Å². The molecule has 0 saturated carbocycles. The molecule has 3 aliphatic heterocycles. The number of rotatable bonds is 4. The zero-order valence-corrected chi connectivity index (χ0v) is 12.6. The molecule has 3 aliphatic rings. The molecule has 0 aliphatic carbocycles. The summed E-state index contributed by atoms with van der Waals surface area (Å²) in [6, 6.07) is 8.04. The molecule has 4 atom stereocenters. The Morgan fingerprint density at radius 2 is 2.09 bits per heavy atom. The molecule has 2 bridgehead atoms. The van der Waals surface area contributed by atoms with E-state index >= 15 is 0 Å². The van der Waals surface area contributed by atoms with Crippen molar-refractivity contribution in [2.75, 3.05) is 7.05 Å². The Kier molecular flexibility index (Phi) is 2.82. The van der Waals surface area contributed by atoms with E-state index in [2.05, 4.69) is 12.6 Å². The van der Waals surface area contributed by atoms with Crippen molar-refractivity contribution >= 4 is 11.8 Å². The van der Waals surface area contributed by atoms with E-state index in [9.17, 15) is 9.59 Å². The predicted molar refractivity (Wildman–Crippen MR) is 80.8 cm³/mol. The smallest absolute Gasteiger partial charge is 0.236 e. The Morgan fingerprint density at radius 3 is 2.86 bits per heavy atom. The van der Waals surface area contributed by atoms with Crippen LogP contribution in [0.1, 0.15) is 36.5 Å². The lowest BCUT2D eigenvalue weighted by Gasteiger charge is -2.32. The van der Waals surface area contributed by atoms with Gasteiger partial charge in [0, 0.05) is 7.05 Å². The number of ether oxygens (including phenoxy) is 1. The van der Waals surface area contributed by atoms with Gasteiger partial charge in [-0.05, 0) is 30.4 Å². The van der Waals surface area contributed by atoms with E-state index in [0.29, 0.717) is 0 Å². The molecule has 4 heteroatoms. The van der Waals surface area contributed by atoms with Crippen LogP contribution in [0.25, 0.3) is 0 Å². The van der Waals surface area contributed by atoms with Crippen LogP contribution in [0, 0.1) is 11.8 Å². The molecule has 3 heterocycles. The number of carbonyl (C=O) groups is 2. The third-order valence-electron chi connectivity index (χ3n) is 5.42. The molecule has 2 amide bonds. The van der Waals surface area contributed by atoms with Crippen LogP contribution in [0.2, 0.25) is 0 Å². The molecule has 2 saturated heterocycles. The Bertz CT molecular complexity index is 683. The van der Waals surface area contributed by atoms with E-state index < -0.39 is 5.60 Å². The fraction of sp³-hybridized carbons (Fsp3) is 0.444. The second-order valence-electron chi connectivity index (χ2n) is 6.44. The van der Waals surface area contributed by atoms with Crippen molar-refractivity contribution < 1.29 is 14.3 Å². The maximum Gasteiger partial charge on any atom is 0.236 e. The van der Waals surface area contributed by atoms with E-state index in [1.807, 2.05) is 24.3 Å². The molecule has 114 valence electrons. The number of carbonyl (C=O) groups excluding carboxylic acids is 2. The van der Waals surface area contributed by atoms with Gasteiger partial charge in [0.2, 0.25) is 11.8 Å². The van der Waals surface area contributed by atoms with Gasteiger partial charge in [0.05, 0.1) is 17.9 Å². The molecule has 4 rings (SSSR count). The highest BCUT2D eigenvalue weighted by molar-refractivity contribution is 6.06. The summed E-state index contributed by atoms with van der Waals surface area (Å²) in [5, 5.41) is 0. The summed E-state index contributed by atoms with van der Waals surface area (Å²) in [5.41, 5.74) is 1.55. The van der Waals surface area contributed by atoms with Crippen molar-refractivity contribution in [1.29, 1.82) is 0 Å². The summed E-state index contributed by atoms with van der Waals surface area (Å²) in [5.74, 6) is -0.906. The van der Waals surface area contributed by atoms with Crippen LogP contribution in [-0.2, 0) is 19.9 Å². The van der Waals surface area contributed by atoms with Crippen molar-refractivity contribution in [2.45, 2.75) is 31.0 Å². The quantitative estimate of drug-likeness (QED) is 0.487. The normalized spacial score (nSPS) is 35.0. The molecule has 0 N–H and O–H groups in total. The summed E-state index contributed by atoms with van der Waals surface area (Å²) in [4.78, 5) is 26.4. The first-order chi connectivity index (χ1) is 10.6. The van der Waals surface area contributed by atoms with E-state index in [1.165, 1.54) is 4.90 Å². The highest BCUT2D eigenvalue weighted by Crippen LogP contribution is 2.65. The van der Waals surface area contributed by atoms with Crippen molar-refractivity contribution in [3.63, 3.8) is 0 Å². The van der Waals surface area contributed by atoms with Crippen molar-refractivity contribution in [3.05, 3.63) is 48.0 Å². The predicted octanol–water partition coefficient (Wildman–Crippen LogP) is 2.55. The van der Waals surface area contributed by atoms with Gasteiger partial charge in [0.25, 0.3) is 0 Å². The van der Waals surface area contributed by atoms with Gasteiger partial charge in [-0.2, -0.15) is 0 Å². The average molecular weight is 297 g/mol. The molecule has 0 radical (unpaired) electrons. The van der Waals surface area contributed by atoms with Gasteiger partial charge in [0.1, 0.15) is 5.60 Å². The highest BCUT2D eigenvalue weighted by atomic mass is 16.5. The Labute approximate surface area is 129 Å². The number of unbranched alkanes of at least 4 members (excludes halogenated alkanes) is 1. The number of amides is 2. The van der Waals surface area contributed by atoms with Crippen LogP contribution in [0.15, 0.2) is 36.9 Å². The number of nitrogens with zero attached hydrogens (tertiary/aromatic N) is 1. The molecule has 0 aromatic heterocycles. The van der Waals surface area contributed by atoms with Crippen molar-refractivity contribution in [1.82, 2.24) is 4.90 Å². The lowest BCUT2D eigenvalue weighted by atomic mass is 9.68. The minimum atomic E-state index is -0.633. The topological polar surface area (TPSA) is 46.6 Å². The van der Waals surface area contributed by atoms with Crippen LogP contribution in [0.3, 0.4) is 0 Å². The fourth-order valence-corrected chi connectivity index (χ4v) is 4.48. The van der Waals surface area contributed by atoms with Crippen LogP contribution in [0.5, 0.6) is 0 Å². The van der Waals surface area contributed by atoms with Gasteiger partial charge in [-0.1, -0.05) is 30.3 Å². The molecule has 0 spiro atoms. The van der Waals surface area contributed by atoms with Crippen LogP contribution in [0.4, 0.5) is 0 Å². The van der Waals surface area contributed by atoms with Gasteiger partial charge < -0.3 is 4.74 Å². The number of imide groups is 1. The minimum Gasteiger partial charge on any atom is -0.361 e. The molecule has 22 heavy (non-hydrogen) atoms.